The van der Waals surface area contributed by atoms with E-state index in [0.29, 0.717) is 43.9 Å². The molecular weight excluding hydrogens is 447 g/mol. The monoisotopic (exact) mass is 469 g/mol. The molecular formula is C24H22F3N5O2. The van der Waals surface area contributed by atoms with Gasteiger partial charge in [0.15, 0.2) is 17.5 Å². The van der Waals surface area contributed by atoms with Crippen molar-refractivity contribution in [3.8, 4) is 0 Å². The molecule has 34 heavy (non-hydrogen) atoms. The summed E-state index contributed by atoms with van der Waals surface area (Å²) < 4.78 is 42.1. The minimum absolute atomic E-state index is 0.0119. The van der Waals surface area contributed by atoms with E-state index < -0.39 is 23.5 Å². The van der Waals surface area contributed by atoms with E-state index in [0.717, 1.165) is 17.7 Å². The third kappa shape index (κ3) is 4.11. The van der Waals surface area contributed by atoms with Crippen molar-refractivity contribution in [2.24, 2.45) is 0 Å². The first kappa shape index (κ1) is 22.0. The lowest BCUT2D eigenvalue weighted by Crippen LogP contribution is -2.35. The number of nitrogens with zero attached hydrogens (tertiary/aromatic N) is 4. The van der Waals surface area contributed by atoms with Crippen molar-refractivity contribution in [3.63, 3.8) is 0 Å². The van der Waals surface area contributed by atoms with Crippen LogP contribution in [0.25, 0.3) is 0 Å². The zero-order chi connectivity index (χ0) is 23.8. The van der Waals surface area contributed by atoms with Crippen LogP contribution in [0.5, 0.6) is 0 Å². The third-order valence-electron chi connectivity index (χ3n) is 6.27. The number of halogens is 3. The first-order valence-electron chi connectivity index (χ1n) is 11.0. The van der Waals surface area contributed by atoms with E-state index in [1.165, 1.54) is 4.90 Å². The van der Waals surface area contributed by atoms with Gasteiger partial charge in [0.2, 0.25) is 5.91 Å². The van der Waals surface area contributed by atoms with Gasteiger partial charge in [0, 0.05) is 49.8 Å². The Hall–Kier alpha value is -3.82. The number of carbonyl (C=O) groups excluding carboxylic acids is 2. The van der Waals surface area contributed by atoms with Gasteiger partial charge in [0.05, 0.1) is 24.1 Å². The zero-order valence-electron chi connectivity index (χ0n) is 18.2. The standard InChI is InChI=1S/C24H22F3N5O2/c25-18-10-17(11-19(26)23(18)27)29-24(34)30-7-4-8-32-21(14-30)20(12-28-32)31-13-16(9-22(31)33)15-5-2-1-3-6-15/h1-3,5-6,10-12,16H,4,7-9,13-14H2,(H,29,34). The predicted octanol–water partition coefficient (Wildman–Crippen LogP) is 4.26. The van der Waals surface area contributed by atoms with Crippen molar-refractivity contribution in [3.05, 3.63) is 77.4 Å². The fourth-order valence-electron chi connectivity index (χ4n) is 4.55. The van der Waals surface area contributed by atoms with Crippen molar-refractivity contribution in [1.82, 2.24) is 14.7 Å². The topological polar surface area (TPSA) is 70.5 Å². The normalized spacial score (nSPS) is 18.1. The Morgan fingerprint density at radius 2 is 1.79 bits per heavy atom. The second-order valence-corrected chi connectivity index (χ2v) is 8.47. The highest BCUT2D eigenvalue weighted by molar-refractivity contribution is 5.97. The van der Waals surface area contributed by atoms with Crippen LogP contribution in [0.15, 0.2) is 48.7 Å². The number of benzene rings is 2. The number of hydrogen-bond donors (Lipinski definition) is 1. The molecule has 1 fully saturated rings. The molecule has 3 aromatic rings. The van der Waals surface area contributed by atoms with Crippen LogP contribution in [0.2, 0.25) is 0 Å². The highest BCUT2D eigenvalue weighted by Gasteiger charge is 2.35. The van der Waals surface area contributed by atoms with Gasteiger partial charge in [-0.3, -0.25) is 9.48 Å². The van der Waals surface area contributed by atoms with E-state index in [9.17, 15) is 22.8 Å². The summed E-state index contributed by atoms with van der Waals surface area (Å²) in [5.74, 6) is -4.30. The summed E-state index contributed by atoms with van der Waals surface area (Å²) in [5, 5.41) is 6.86. The largest absolute Gasteiger partial charge is 0.322 e. The van der Waals surface area contributed by atoms with Crippen molar-refractivity contribution >= 4 is 23.3 Å². The Kier molecular flexibility index (Phi) is 5.72. The summed E-state index contributed by atoms with van der Waals surface area (Å²) in [7, 11) is 0. The molecule has 1 unspecified atom stereocenters. The van der Waals surface area contributed by atoms with Gasteiger partial charge in [0.1, 0.15) is 0 Å². The average molecular weight is 469 g/mol. The molecule has 7 nitrogen and oxygen atoms in total. The molecule has 3 heterocycles. The fraction of sp³-hybridized carbons (Fsp3) is 0.292. The van der Waals surface area contributed by atoms with Crippen LogP contribution < -0.4 is 10.2 Å². The quantitative estimate of drug-likeness (QED) is 0.583. The molecule has 0 spiro atoms. The number of amides is 3. The molecule has 10 heteroatoms. The van der Waals surface area contributed by atoms with E-state index >= 15 is 0 Å². The van der Waals surface area contributed by atoms with Crippen LogP contribution in [-0.2, 0) is 17.9 Å². The Morgan fingerprint density at radius 1 is 1.06 bits per heavy atom. The van der Waals surface area contributed by atoms with Gasteiger partial charge >= 0.3 is 6.03 Å². The van der Waals surface area contributed by atoms with E-state index in [-0.39, 0.29) is 24.1 Å². The minimum Gasteiger partial charge on any atom is -0.318 e. The second kappa shape index (κ2) is 8.85. The number of anilines is 2. The Bertz CT molecular complexity index is 1220. The van der Waals surface area contributed by atoms with E-state index in [1.54, 1.807) is 15.8 Å². The average Bonchev–Trinajstić information content (AvgIpc) is 3.33. The summed E-state index contributed by atoms with van der Waals surface area (Å²) >= 11 is 0. The Morgan fingerprint density at radius 3 is 2.53 bits per heavy atom. The molecule has 1 aromatic heterocycles. The summed E-state index contributed by atoms with van der Waals surface area (Å²) in [6, 6.07) is 10.7. The predicted molar refractivity (Wildman–Crippen MR) is 119 cm³/mol. The number of hydrogen-bond acceptors (Lipinski definition) is 3. The molecule has 0 bridgehead atoms. The number of aromatic nitrogens is 2. The molecule has 2 aliphatic heterocycles. The summed E-state index contributed by atoms with van der Waals surface area (Å²) in [6.07, 6.45) is 2.64. The van der Waals surface area contributed by atoms with Gasteiger partial charge < -0.3 is 15.1 Å². The summed E-state index contributed by atoms with van der Waals surface area (Å²) in [5.41, 5.74) is 2.28. The number of carbonyl (C=O) groups is 2. The molecule has 1 atom stereocenters. The SMILES string of the molecule is O=C(Nc1cc(F)c(F)c(F)c1)N1CCCn2ncc(N3CC(c4ccccc4)CC3=O)c2C1. The molecule has 2 aliphatic rings. The molecule has 3 amide bonds. The summed E-state index contributed by atoms with van der Waals surface area (Å²) in [6.45, 7) is 1.61. The number of fused-ring (bicyclic) bond motifs is 1. The maximum absolute atomic E-state index is 13.5. The molecule has 0 saturated carbocycles. The molecule has 176 valence electrons. The van der Waals surface area contributed by atoms with Crippen molar-refractivity contribution < 1.29 is 22.8 Å². The third-order valence-corrected chi connectivity index (χ3v) is 6.27. The van der Waals surface area contributed by atoms with Crippen LogP contribution >= 0.6 is 0 Å². The van der Waals surface area contributed by atoms with Crippen molar-refractivity contribution in [2.75, 3.05) is 23.3 Å². The molecule has 5 rings (SSSR count). The highest BCUT2D eigenvalue weighted by atomic mass is 19.2. The maximum Gasteiger partial charge on any atom is 0.322 e. The number of nitrogens with one attached hydrogen (secondary N) is 1. The summed E-state index contributed by atoms with van der Waals surface area (Å²) in [4.78, 5) is 28.9. The van der Waals surface area contributed by atoms with Gasteiger partial charge in [-0.2, -0.15) is 5.10 Å². The van der Waals surface area contributed by atoms with Gasteiger partial charge in [0.25, 0.3) is 0 Å². The lowest BCUT2D eigenvalue weighted by Gasteiger charge is -2.23. The van der Waals surface area contributed by atoms with E-state index in [2.05, 4.69) is 10.4 Å². The van der Waals surface area contributed by atoms with E-state index in [4.69, 9.17) is 0 Å². The fourth-order valence-corrected chi connectivity index (χ4v) is 4.55. The van der Waals surface area contributed by atoms with Crippen LogP contribution in [0, 0.1) is 17.5 Å². The van der Waals surface area contributed by atoms with Crippen LogP contribution in [0.3, 0.4) is 0 Å². The van der Waals surface area contributed by atoms with Gasteiger partial charge in [-0.25, -0.2) is 18.0 Å². The van der Waals surface area contributed by atoms with Gasteiger partial charge in [-0.1, -0.05) is 30.3 Å². The van der Waals surface area contributed by atoms with E-state index in [1.807, 2.05) is 30.3 Å². The smallest absolute Gasteiger partial charge is 0.318 e. The lowest BCUT2D eigenvalue weighted by molar-refractivity contribution is -0.117. The van der Waals surface area contributed by atoms with Crippen LogP contribution in [-0.4, -0.2) is 39.7 Å². The zero-order valence-corrected chi connectivity index (χ0v) is 18.2. The van der Waals surface area contributed by atoms with Crippen molar-refractivity contribution in [2.45, 2.75) is 31.8 Å². The molecule has 1 saturated heterocycles. The lowest BCUT2D eigenvalue weighted by atomic mass is 9.99. The first-order valence-corrected chi connectivity index (χ1v) is 11.0. The van der Waals surface area contributed by atoms with Crippen LogP contribution in [0.4, 0.5) is 29.3 Å². The van der Waals surface area contributed by atoms with Gasteiger partial charge in [-0.05, 0) is 12.0 Å². The highest BCUT2D eigenvalue weighted by Crippen LogP contribution is 2.34. The first-order chi connectivity index (χ1) is 16.4. The second-order valence-electron chi connectivity index (χ2n) is 8.47. The van der Waals surface area contributed by atoms with Crippen LogP contribution in [0.1, 0.15) is 30.0 Å². The molecule has 2 aromatic carbocycles. The molecule has 0 radical (unpaired) electrons. The van der Waals surface area contributed by atoms with Gasteiger partial charge in [-0.15, -0.1) is 0 Å². The number of urea groups is 1. The molecule has 1 N–H and O–H groups in total. The maximum atomic E-state index is 13.5. The molecule has 0 aliphatic carbocycles. The Balaban J connectivity index is 1.35. The number of aryl methyl sites for hydroxylation is 1. The minimum atomic E-state index is -1.59. The van der Waals surface area contributed by atoms with Crippen molar-refractivity contribution in [1.29, 1.82) is 0 Å². The Labute approximate surface area is 193 Å². The number of rotatable bonds is 3.